The van der Waals surface area contributed by atoms with Gasteiger partial charge in [0.2, 0.25) is 5.91 Å². The number of nitrogens with zero attached hydrogens (tertiary/aromatic N) is 2. The lowest BCUT2D eigenvalue weighted by Gasteiger charge is -2.38. The third-order valence-electron chi connectivity index (χ3n) is 5.59. The van der Waals surface area contributed by atoms with E-state index in [0.717, 1.165) is 42.2 Å². The van der Waals surface area contributed by atoms with Gasteiger partial charge in [0.05, 0.1) is 16.8 Å². The van der Waals surface area contributed by atoms with Crippen molar-refractivity contribution in [1.82, 2.24) is 14.9 Å². The van der Waals surface area contributed by atoms with Gasteiger partial charge < -0.3 is 14.6 Å². The summed E-state index contributed by atoms with van der Waals surface area (Å²) in [6, 6.07) is 16.1. The number of fused-ring (bicyclic) bond motifs is 1. The van der Waals surface area contributed by atoms with Crippen LogP contribution < -0.4 is 5.32 Å². The van der Waals surface area contributed by atoms with Crippen LogP contribution in [0.2, 0.25) is 5.02 Å². The van der Waals surface area contributed by atoms with Gasteiger partial charge in [0, 0.05) is 37.2 Å². The number of ether oxygens (including phenoxy) is 1. The number of benzene rings is 2. The molecule has 29 heavy (non-hydrogen) atoms. The number of rotatable bonds is 6. The van der Waals surface area contributed by atoms with Crippen LogP contribution in [0.1, 0.15) is 18.4 Å². The summed E-state index contributed by atoms with van der Waals surface area (Å²) in [5.41, 5.74) is 3.05. The highest BCUT2D eigenvalue weighted by Gasteiger charge is 2.34. The molecule has 1 fully saturated rings. The predicted molar refractivity (Wildman–Crippen MR) is 118 cm³/mol. The largest absolute Gasteiger partial charge is 0.381 e. The Morgan fingerprint density at radius 3 is 2.76 bits per heavy atom. The predicted octanol–water partition coefficient (Wildman–Crippen LogP) is 4.18. The molecule has 7 heteroatoms. The Bertz CT molecular complexity index is 1000. The van der Waals surface area contributed by atoms with Crippen molar-refractivity contribution in [3.63, 3.8) is 0 Å². The summed E-state index contributed by atoms with van der Waals surface area (Å²) in [6.07, 6.45) is 1.83. The Kier molecular flexibility index (Phi) is 6.13. The third kappa shape index (κ3) is 4.44. The van der Waals surface area contributed by atoms with Crippen LogP contribution >= 0.6 is 23.4 Å². The fraction of sp³-hybridized carbons (Fsp3) is 0.364. The first-order valence-corrected chi connectivity index (χ1v) is 11.1. The number of carbonyl (C=O) groups is 1. The van der Waals surface area contributed by atoms with Crippen molar-refractivity contribution in [2.24, 2.45) is 7.05 Å². The fourth-order valence-corrected chi connectivity index (χ4v) is 4.83. The maximum absolute atomic E-state index is 12.6. The van der Waals surface area contributed by atoms with E-state index in [0.29, 0.717) is 17.3 Å². The monoisotopic (exact) mass is 429 g/mol. The van der Waals surface area contributed by atoms with Crippen LogP contribution in [0.4, 0.5) is 0 Å². The average Bonchev–Trinajstić information content (AvgIpc) is 3.06. The number of hydrogen-bond acceptors (Lipinski definition) is 4. The van der Waals surface area contributed by atoms with Crippen LogP contribution in [0.3, 0.4) is 0 Å². The number of aryl methyl sites for hydroxylation is 1. The number of amides is 1. The second kappa shape index (κ2) is 8.78. The standard InChI is InChI=1S/C22H24ClN3O2S/c1-26-19-8-7-17(23)13-18(19)25-21(26)29-14-20(27)24-15-22(9-11-28-12-10-22)16-5-3-2-4-6-16/h2-8,13H,9-12,14-15H2,1H3,(H,24,27). The molecular weight excluding hydrogens is 406 g/mol. The molecule has 1 aliphatic rings. The molecule has 0 saturated carbocycles. The SMILES string of the molecule is Cn1c(SCC(=O)NCC2(c3ccccc3)CCOCC2)nc2cc(Cl)ccc21. The molecule has 1 N–H and O–H groups in total. The van der Waals surface area contributed by atoms with Gasteiger partial charge in [0.15, 0.2) is 5.16 Å². The molecule has 0 aliphatic carbocycles. The van der Waals surface area contributed by atoms with E-state index in [2.05, 4.69) is 34.6 Å². The van der Waals surface area contributed by atoms with Crippen LogP contribution in [0.25, 0.3) is 11.0 Å². The molecule has 0 bridgehead atoms. The number of halogens is 1. The van der Waals surface area contributed by atoms with E-state index >= 15 is 0 Å². The number of nitrogens with one attached hydrogen (secondary N) is 1. The molecule has 5 nitrogen and oxygen atoms in total. The molecule has 1 saturated heterocycles. The maximum Gasteiger partial charge on any atom is 0.230 e. The summed E-state index contributed by atoms with van der Waals surface area (Å²) in [4.78, 5) is 17.2. The molecule has 1 aliphatic heterocycles. The summed E-state index contributed by atoms with van der Waals surface area (Å²) in [5, 5.41) is 4.62. The van der Waals surface area contributed by atoms with Crippen molar-refractivity contribution >= 4 is 40.3 Å². The van der Waals surface area contributed by atoms with Crippen molar-refractivity contribution in [1.29, 1.82) is 0 Å². The van der Waals surface area contributed by atoms with Crippen LogP contribution in [-0.4, -0.2) is 41.0 Å². The minimum atomic E-state index is -0.0610. The van der Waals surface area contributed by atoms with Gasteiger partial charge in [-0.2, -0.15) is 0 Å². The molecule has 0 atom stereocenters. The van der Waals surface area contributed by atoms with Crippen molar-refractivity contribution in [3.8, 4) is 0 Å². The zero-order valence-electron chi connectivity index (χ0n) is 16.4. The van der Waals surface area contributed by atoms with Gasteiger partial charge in [-0.25, -0.2) is 4.98 Å². The van der Waals surface area contributed by atoms with Crippen molar-refractivity contribution in [3.05, 3.63) is 59.1 Å². The van der Waals surface area contributed by atoms with E-state index in [1.54, 1.807) is 0 Å². The van der Waals surface area contributed by atoms with Gasteiger partial charge in [-0.15, -0.1) is 0 Å². The van der Waals surface area contributed by atoms with Crippen LogP contribution in [-0.2, 0) is 22.0 Å². The molecule has 0 spiro atoms. The van der Waals surface area contributed by atoms with Gasteiger partial charge in [-0.1, -0.05) is 53.7 Å². The maximum atomic E-state index is 12.6. The first-order valence-electron chi connectivity index (χ1n) is 9.72. The first-order chi connectivity index (χ1) is 14.1. The Balaban J connectivity index is 1.40. The van der Waals surface area contributed by atoms with Crippen LogP contribution in [0.15, 0.2) is 53.7 Å². The number of thioether (sulfide) groups is 1. The normalized spacial score (nSPS) is 16.1. The second-order valence-electron chi connectivity index (χ2n) is 7.41. The highest BCUT2D eigenvalue weighted by molar-refractivity contribution is 7.99. The minimum Gasteiger partial charge on any atom is -0.381 e. The van der Waals surface area contributed by atoms with E-state index in [9.17, 15) is 4.79 Å². The summed E-state index contributed by atoms with van der Waals surface area (Å²) in [7, 11) is 1.95. The lowest BCUT2D eigenvalue weighted by atomic mass is 9.74. The lowest BCUT2D eigenvalue weighted by Crippen LogP contribution is -2.45. The molecule has 1 amide bonds. The second-order valence-corrected chi connectivity index (χ2v) is 8.79. The van der Waals surface area contributed by atoms with Crippen LogP contribution in [0.5, 0.6) is 0 Å². The molecule has 1 aromatic heterocycles. The van der Waals surface area contributed by atoms with E-state index in [-0.39, 0.29) is 11.3 Å². The summed E-state index contributed by atoms with van der Waals surface area (Å²) in [5.74, 6) is 0.341. The number of carbonyl (C=O) groups excluding carboxylic acids is 1. The van der Waals surface area contributed by atoms with E-state index in [1.165, 1.54) is 17.3 Å². The summed E-state index contributed by atoms with van der Waals surface area (Å²) < 4.78 is 7.57. The Morgan fingerprint density at radius 1 is 1.24 bits per heavy atom. The first kappa shape index (κ1) is 20.3. The number of aromatic nitrogens is 2. The zero-order chi connectivity index (χ0) is 20.3. The highest BCUT2D eigenvalue weighted by Crippen LogP contribution is 2.34. The smallest absolute Gasteiger partial charge is 0.230 e. The quantitative estimate of drug-likeness (QED) is 0.597. The molecule has 0 radical (unpaired) electrons. The van der Waals surface area contributed by atoms with Crippen molar-refractivity contribution in [2.75, 3.05) is 25.5 Å². The topological polar surface area (TPSA) is 56.2 Å². The minimum absolute atomic E-state index is 0.0156. The van der Waals surface area contributed by atoms with Crippen molar-refractivity contribution in [2.45, 2.75) is 23.4 Å². The molecular formula is C22H24ClN3O2S. The number of hydrogen-bond donors (Lipinski definition) is 1. The molecule has 3 aromatic rings. The molecule has 152 valence electrons. The van der Waals surface area contributed by atoms with E-state index < -0.39 is 0 Å². The van der Waals surface area contributed by atoms with Gasteiger partial charge in [0.1, 0.15) is 0 Å². The average molecular weight is 430 g/mol. The third-order valence-corrected chi connectivity index (χ3v) is 6.86. The number of imidazole rings is 1. The van der Waals surface area contributed by atoms with Gasteiger partial charge in [-0.3, -0.25) is 4.79 Å². The summed E-state index contributed by atoms with van der Waals surface area (Å²) >= 11 is 7.50. The molecule has 0 unspecified atom stereocenters. The van der Waals surface area contributed by atoms with Crippen molar-refractivity contribution < 1.29 is 9.53 Å². The molecule has 2 heterocycles. The lowest BCUT2D eigenvalue weighted by molar-refractivity contribution is -0.119. The molecule has 2 aromatic carbocycles. The van der Waals surface area contributed by atoms with E-state index in [1.807, 2.05) is 35.9 Å². The van der Waals surface area contributed by atoms with Gasteiger partial charge in [0.25, 0.3) is 0 Å². The Hall–Kier alpha value is -2.02. The Labute approximate surface area is 179 Å². The zero-order valence-corrected chi connectivity index (χ0v) is 17.9. The van der Waals surface area contributed by atoms with Crippen LogP contribution in [0, 0.1) is 0 Å². The summed E-state index contributed by atoms with van der Waals surface area (Å²) in [6.45, 7) is 2.07. The van der Waals surface area contributed by atoms with Gasteiger partial charge in [-0.05, 0) is 36.6 Å². The Morgan fingerprint density at radius 2 is 2.00 bits per heavy atom. The van der Waals surface area contributed by atoms with Gasteiger partial charge >= 0.3 is 0 Å². The molecule has 4 rings (SSSR count). The highest BCUT2D eigenvalue weighted by atomic mass is 35.5. The fourth-order valence-electron chi connectivity index (χ4n) is 3.85. The van der Waals surface area contributed by atoms with E-state index in [4.69, 9.17) is 16.3 Å².